The molecule has 0 radical (unpaired) electrons. The van der Waals surface area contributed by atoms with Gasteiger partial charge in [-0.25, -0.2) is 18.4 Å². The summed E-state index contributed by atoms with van der Waals surface area (Å²) in [5, 5.41) is 6.90. The SMILES string of the molecule is Cn1ncc(CC(=O)N[C@H]2CC[C@H](CCN3CCc4ccc(OCC(C)(F)F)nc4CC3)CC2)c1F. The zero-order chi connectivity index (χ0) is 25.7. The molecule has 0 saturated heterocycles. The predicted octanol–water partition coefficient (Wildman–Crippen LogP) is 3.70. The van der Waals surface area contributed by atoms with E-state index in [0.29, 0.717) is 11.5 Å². The second-order valence-electron chi connectivity index (χ2n) is 10.3. The maximum Gasteiger partial charge on any atom is 0.278 e. The highest BCUT2D eigenvalue weighted by atomic mass is 19.3. The average Bonchev–Trinajstić information content (AvgIpc) is 3.03. The summed E-state index contributed by atoms with van der Waals surface area (Å²) in [5.41, 5.74) is 2.43. The third-order valence-electron chi connectivity index (χ3n) is 7.23. The van der Waals surface area contributed by atoms with Crippen molar-refractivity contribution in [3.05, 3.63) is 41.1 Å². The van der Waals surface area contributed by atoms with Crippen LogP contribution in [0.3, 0.4) is 0 Å². The van der Waals surface area contributed by atoms with Crippen molar-refractivity contribution in [2.75, 3.05) is 26.2 Å². The van der Waals surface area contributed by atoms with E-state index in [2.05, 4.69) is 20.3 Å². The Hall–Kier alpha value is -2.62. The van der Waals surface area contributed by atoms with E-state index in [1.54, 1.807) is 6.07 Å². The van der Waals surface area contributed by atoms with Gasteiger partial charge in [0.05, 0.1) is 12.6 Å². The van der Waals surface area contributed by atoms with Gasteiger partial charge in [0, 0.05) is 56.8 Å². The third-order valence-corrected chi connectivity index (χ3v) is 7.23. The number of aromatic nitrogens is 3. The molecular formula is C26H36F3N5O2. The van der Waals surface area contributed by atoms with Gasteiger partial charge in [0.1, 0.15) is 0 Å². The van der Waals surface area contributed by atoms with E-state index in [4.69, 9.17) is 4.74 Å². The first kappa shape index (κ1) is 26.4. The molecule has 4 rings (SSSR count). The fourth-order valence-corrected chi connectivity index (χ4v) is 5.11. The Morgan fingerprint density at radius 1 is 1.19 bits per heavy atom. The number of carbonyl (C=O) groups excluding carboxylic acids is 1. The Bertz CT molecular complexity index is 1030. The molecule has 0 aromatic carbocycles. The molecule has 1 fully saturated rings. The Morgan fingerprint density at radius 3 is 2.64 bits per heavy atom. The maximum absolute atomic E-state index is 13.9. The Labute approximate surface area is 210 Å². The fourth-order valence-electron chi connectivity index (χ4n) is 5.11. The Morgan fingerprint density at radius 2 is 1.94 bits per heavy atom. The smallest absolute Gasteiger partial charge is 0.278 e. The highest BCUT2D eigenvalue weighted by molar-refractivity contribution is 5.78. The minimum Gasteiger partial charge on any atom is -0.471 e. The summed E-state index contributed by atoms with van der Waals surface area (Å²) in [6, 6.07) is 3.79. The number of ether oxygens (including phenoxy) is 1. The Kier molecular flexibility index (Phi) is 8.54. The first-order valence-corrected chi connectivity index (χ1v) is 12.8. The number of nitrogens with one attached hydrogen (secondary N) is 1. The number of halogens is 3. The summed E-state index contributed by atoms with van der Waals surface area (Å²) in [4.78, 5) is 19.3. The van der Waals surface area contributed by atoms with Crippen molar-refractivity contribution < 1.29 is 22.7 Å². The van der Waals surface area contributed by atoms with Crippen LogP contribution in [0.15, 0.2) is 18.3 Å². The van der Waals surface area contributed by atoms with Crippen LogP contribution >= 0.6 is 0 Å². The molecule has 3 heterocycles. The van der Waals surface area contributed by atoms with E-state index in [9.17, 15) is 18.0 Å². The predicted molar refractivity (Wildman–Crippen MR) is 130 cm³/mol. The van der Waals surface area contributed by atoms with Crippen LogP contribution in [0.2, 0.25) is 0 Å². The molecule has 1 saturated carbocycles. The van der Waals surface area contributed by atoms with Gasteiger partial charge in [0.15, 0.2) is 6.61 Å². The Balaban J connectivity index is 1.16. The molecule has 7 nitrogen and oxygen atoms in total. The standard InChI is InChI=1S/C26H36F3N5O2/c1-26(28,29)17-36-24-8-5-19-10-13-34(14-11-22(19)32-24)12-9-18-3-6-21(7-4-18)31-23(35)15-20-16-30-33(2)25(20)27/h5,8,16,18,21H,3-4,6-7,9-15,17H2,1-2H3,(H,31,35)/t18-,21-. The molecular weight excluding hydrogens is 471 g/mol. The van der Waals surface area contributed by atoms with Gasteiger partial charge in [-0.15, -0.1) is 0 Å². The van der Waals surface area contributed by atoms with E-state index in [0.717, 1.165) is 87.4 Å². The summed E-state index contributed by atoms with van der Waals surface area (Å²) < 4.78 is 46.3. The lowest BCUT2D eigenvalue weighted by Gasteiger charge is -2.30. The number of aryl methyl sites for hydroxylation is 1. The van der Waals surface area contributed by atoms with Gasteiger partial charge < -0.3 is 15.0 Å². The molecule has 0 bridgehead atoms. The monoisotopic (exact) mass is 507 g/mol. The normalized spacial score (nSPS) is 21.0. The van der Waals surface area contributed by atoms with Crippen molar-refractivity contribution >= 4 is 5.91 Å². The van der Waals surface area contributed by atoms with Gasteiger partial charge in [-0.05, 0) is 56.6 Å². The minimum atomic E-state index is -2.88. The van der Waals surface area contributed by atoms with E-state index in [-0.39, 0.29) is 24.2 Å². The van der Waals surface area contributed by atoms with E-state index >= 15 is 0 Å². The lowest BCUT2D eigenvalue weighted by atomic mass is 9.84. The molecule has 1 aliphatic carbocycles. The molecule has 2 aromatic heterocycles. The van der Waals surface area contributed by atoms with Crippen molar-refractivity contribution in [1.29, 1.82) is 0 Å². The van der Waals surface area contributed by atoms with Crippen LogP contribution in [0, 0.1) is 11.9 Å². The number of pyridine rings is 1. The zero-order valence-corrected chi connectivity index (χ0v) is 21.1. The second kappa shape index (κ2) is 11.6. The van der Waals surface area contributed by atoms with Crippen molar-refractivity contribution in [2.45, 2.75) is 70.3 Å². The number of rotatable bonds is 9. The van der Waals surface area contributed by atoms with Crippen LogP contribution in [0.25, 0.3) is 0 Å². The molecule has 1 N–H and O–H groups in total. The molecule has 198 valence electrons. The van der Waals surface area contributed by atoms with Crippen molar-refractivity contribution in [2.24, 2.45) is 13.0 Å². The van der Waals surface area contributed by atoms with Crippen LogP contribution in [0.4, 0.5) is 13.2 Å². The van der Waals surface area contributed by atoms with Crippen molar-refractivity contribution in [1.82, 2.24) is 25.0 Å². The van der Waals surface area contributed by atoms with Crippen molar-refractivity contribution in [3.63, 3.8) is 0 Å². The van der Waals surface area contributed by atoms with Crippen molar-refractivity contribution in [3.8, 4) is 5.88 Å². The maximum atomic E-state index is 13.9. The first-order chi connectivity index (χ1) is 17.2. The summed E-state index contributed by atoms with van der Waals surface area (Å²) in [6.45, 7) is 3.03. The molecule has 36 heavy (non-hydrogen) atoms. The number of nitrogens with zero attached hydrogens (tertiary/aromatic N) is 4. The van der Waals surface area contributed by atoms with E-state index in [1.165, 1.54) is 13.2 Å². The van der Waals surface area contributed by atoms with Crippen LogP contribution in [0.1, 0.15) is 55.8 Å². The fraction of sp³-hybridized carbons (Fsp3) is 0.654. The summed E-state index contributed by atoms with van der Waals surface area (Å²) >= 11 is 0. The number of hydrogen-bond acceptors (Lipinski definition) is 5. The molecule has 1 aliphatic heterocycles. The molecule has 0 atom stereocenters. The number of alkyl halides is 2. The summed E-state index contributed by atoms with van der Waals surface area (Å²) in [5.74, 6) is -2.60. The largest absolute Gasteiger partial charge is 0.471 e. The molecule has 0 unspecified atom stereocenters. The van der Waals surface area contributed by atoms with Crippen LogP contribution < -0.4 is 10.1 Å². The van der Waals surface area contributed by atoms with Crippen LogP contribution in [-0.4, -0.2) is 63.8 Å². The first-order valence-electron chi connectivity index (χ1n) is 12.8. The van der Waals surface area contributed by atoms with Gasteiger partial charge >= 0.3 is 0 Å². The van der Waals surface area contributed by atoms with Gasteiger partial charge in [-0.1, -0.05) is 6.07 Å². The van der Waals surface area contributed by atoms with Gasteiger partial charge in [0.25, 0.3) is 5.92 Å². The average molecular weight is 508 g/mol. The van der Waals surface area contributed by atoms with Crippen LogP contribution in [-0.2, 0) is 31.1 Å². The summed E-state index contributed by atoms with van der Waals surface area (Å²) in [6.07, 6.45) is 8.25. The van der Waals surface area contributed by atoms with E-state index in [1.807, 2.05) is 6.07 Å². The molecule has 2 aromatic rings. The minimum absolute atomic E-state index is 0.0184. The third kappa shape index (κ3) is 7.44. The highest BCUT2D eigenvalue weighted by Crippen LogP contribution is 2.28. The topological polar surface area (TPSA) is 72.3 Å². The van der Waals surface area contributed by atoms with E-state index < -0.39 is 18.5 Å². The summed E-state index contributed by atoms with van der Waals surface area (Å²) in [7, 11) is 1.52. The highest BCUT2D eigenvalue weighted by Gasteiger charge is 2.25. The quantitative estimate of drug-likeness (QED) is 0.561. The second-order valence-corrected chi connectivity index (χ2v) is 10.3. The number of fused-ring (bicyclic) bond motifs is 1. The lowest BCUT2D eigenvalue weighted by Crippen LogP contribution is -2.39. The number of hydrogen-bond donors (Lipinski definition) is 1. The zero-order valence-electron chi connectivity index (χ0n) is 21.1. The molecule has 1 amide bonds. The van der Waals surface area contributed by atoms with Gasteiger partial charge in [-0.2, -0.15) is 9.49 Å². The molecule has 0 spiro atoms. The molecule has 10 heteroatoms. The lowest BCUT2D eigenvalue weighted by molar-refractivity contribution is -0.121. The van der Waals surface area contributed by atoms with Gasteiger partial charge in [0.2, 0.25) is 17.7 Å². The number of carbonyl (C=O) groups is 1. The van der Waals surface area contributed by atoms with Crippen LogP contribution in [0.5, 0.6) is 5.88 Å². The van der Waals surface area contributed by atoms with Gasteiger partial charge in [-0.3, -0.25) is 4.79 Å². The number of amides is 1. The molecule has 2 aliphatic rings.